The number of hydrogen-bond donors (Lipinski definition) is 1. The van der Waals surface area contributed by atoms with Gasteiger partial charge in [0.15, 0.2) is 0 Å². The average molecular weight is 238 g/mol. The normalized spacial score (nSPS) is 19.7. The molecule has 0 saturated carbocycles. The van der Waals surface area contributed by atoms with Crippen LogP contribution in [-0.2, 0) is 0 Å². The van der Waals surface area contributed by atoms with Crippen molar-refractivity contribution in [3.63, 3.8) is 0 Å². The van der Waals surface area contributed by atoms with Crippen molar-refractivity contribution in [2.45, 2.75) is 12.5 Å². The Morgan fingerprint density at radius 1 is 1.69 bits per heavy atom. The summed E-state index contributed by atoms with van der Waals surface area (Å²) in [6.45, 7) is 0. The molecule has 0 radical (unpaired) electrons. The maximum Gasteiger partial charge on any atom is 0.339 e. The van der Waals surface area contributed by atoms with Crippen molar-refractivity contribution >= 4 is 23.5 Å². The van der Waals surface area contributed by atoms with Gasteiger partial charge in [-0.25, -0.2) is 9.78 Å². The third-order valence-electron chi connectivity index (χ3n) is 2.80. The molecular formula is C11H14N2O2S. The first-order valence-corrected chi connectivity index (χ1v) is 6.34. The second-order valence-corrected chi connectivity index (χ2v) is 4.96. The van der Waals surface area contributed by atoms with Gasteiger partial charge in [-0.3, -0.25) is 0 Å². The summed E-state index contributed by atoms with van der Waals surface area (Å²) in [6.07, 6.45) is 2.73. The van der Waals surface area contributed by atoms with Gasteiger partial charge in [-0.05, 0) is 24.3 Å². The van der Waals surface area contributed by atoms with Crippen LogP contribution in [0.15, 0.2) is 18.3 Å². The molecule has 16 heavy (non-hydrogen) atoms. The Kier molecular flexibility index (Phi) is 3.33. The Morgan fingerprint density at radius 2 is 2.50 bits per heavy atom. The number of anilines is 1. The van der Waals surface area contributed by atoms with Crippen LogP contribution in [-0.4, -0.2) is 40.7 Å². The number of thioether (sulfide) groups is 1. The number of nitrogens with zero attached hydrogens (tertiary/aromatic N) is 2. The van der Waals surface area contributed by atoms with Gasteiger partial charge in [0, 0.05) is 25.0 Å². The van der Waals surface area contributed by atoms with Crippen LogP contribution in [0.3, 0.4) is 0 Å². The number of aromatic nitrogens is 1. The van der Waals surface area contributed by atoms with E-state index in [0.717, 1.165) is 17.9 Å². The largest absolute Gasteiger partial charge is 0.478 e. The highest BCUT2D eigenvalue weighted by Crippen LogP contribution is 2.26. The molecule has 1 aliphatic heterocycles. The quantitative estimate of drug-likeness (QED) is 0.869. The molecule has 1 saturated heterocycles. The van der Waals surface area contributed by atoms with E-state index >= 15 is 0 Å². The van der Waals surface area contributed by atoms with Crippen LogP contribution in [0, 0.1) is 0 Å². The van der Waals surface area contributed by atoms with Crippen LogP contribution in [0.25, 0.3) is 0 Å². The van der Waals surface area contributed by atoms with Gasteiger partial charge in [0.25, 0.3) is 0 Å². The molecule has 0 bridgehead atoms. The lowest BCUT2D eigenvalue weighted by atomic mass is 10.2. The number of carboxylic acids is 1. The number of hydrogen-bond acceptors (Lipinski definition) is 4. The van der Waals surface area contributed by atoms with Crippen molar-refractivity contribution in [1.82, 2.24) is 4.98 Å². The summed E-state index contributed by atoms with van der Waals surface area (Å²) in [7, 11) is 1.92. The summed E-state index contributed by atoms with van der Waals surface area (Å²) in [4.78, 5) is 17.2. The van der Waals surface area contributed by atoms with Gasteiger partial charge in [0.2, 0.25) is 0 Å². The van der Waals surface area contributed by atoms with Crippen LogP contribution in [0.2, 0.25) is 0 Å². The van der Waals surface area contributed by atoms with Crippen molar-refractivity contribution in [2.75, 3.05) is 23.5 Å². The van der Waals surface area contributed by atoms with Gasteiger partial charge in [-0.15, -0.1) is 0 Å². The van der Waals surface area contributed by atoms with Crippen molar-refractivity contribution in [2.24, 2.45) is 0 Å². The molecule has 1 fully saturated rings. The van der Waals surface area contributed by atoms with E-state index in [1.807, 2.05) is 23.7 Å². The lowest BCUT2D eigenvalue weighted by Crippen LogP contribution is -2.33. The van der Waals surface area contributed by atoms with Gasteiger partial charge in [0.05, 0.1) is 0 Å². The summed E-state index contributed by atoms with van der Waals surface area (Å²) >= 11 is 1.90. The molecule has 4 nitrogen and oxygen atoms in total. The standard InChI is InChI=1S/C11H14N2O2S/c1-13(8-4-6-16-7-8)10-9(11(14)15)3-2-5-12-10/h2-3,5,8H,4,6-7H2,1H3,(H,14,15). The minimum Gasteiger partial charge on any atom is -0.478 e. The SMILES string of the molecule is CN(c1ncccc1C(=O)O)C1CCSC1. The summed E-state index contributed by atoms with van der Waals surface area (Å²) in [5.41, 5.74) is 0.280. The van der Waals surface area contributed by atoms with Crippen molar-refractivity contribution in [3.05, 3.63) is 23.9 Å². The molecule has 0 spiro atoms. The number of carboxylic acid groups (broad SMARTS) is 1. The van der Waals surface area contributed by atoms with E-state index in [1.54, 1.807) is 18.3 Å². The third kappa shape index (κ3) is 2.14. The molecule has 5 heteroatoms. The predicted octanol–water partition coefficient (Wildman–Crippen LogP) is 1.72. The molecule has 0 aliphatic carbocycles. The molecule has 1 unspecified atom stereocenters. The van der Waals surface area contributed by atoms with E-state index in [0.29, 0.717) is 11.9 Å². The molecule has 86 valence electrons. The number of rotatable bonds is 3. The minimum atomic E-state index is -0.916. The van der Waals surface area contributed by atoms with Crippen LogP contribution in [0.5, 0.6) is 0 Å². The lowest BCUT2D eigenvalue weighted by molar-refractivity contribution is 0.0697. The first-order valence-electron chi connectivity index (χ1n) is 5.19. The summed E-state index contributed by atoms with van der Waals surface area (Å²) in [5, 5.41) is 9.09. The van der Waals surface area contributed by atoms with Crippen molar-refractivity contribution in [3.8, 4) is 0 Å². The second-order valence-electron chi connectivity index (χ2n) is 3.81. The molecular weight excluding hydrogens is 224 g/mol. The van der Waals surface area contributed by atoms with Crippen molar-refractivity contribution in [1.29, 1.82) is 0 Å². The molecule has 2 rings (SSSR count). The molecule has 1 aliphatic rings. The fourth-order valence-corrected chi connectivity index (χ4v) is 3.11. The third-order valence-corrected chi connectivity index (χ3v) is 3.95. The maximum atomic E-state index is 11.1. The van der Waals surface area contributed by atoms with Crippen LogP contribution in [0.1, 0.15) is 16.8 Å². The Hall–Kier alpha value is -1.23. The highest BCUT2D eigenvalue weighted by Gasteiger charge is 2.24. The second kappa shape index (κ2) is 4.74. The molecule has 1 atom stereocenters. The van der Waals surface area contributed by atoms with Gasteiger partial charge < -0.3 is 10.0 Å². The zero-order valence-corrected chi connectivity index (χ0v) is 9.91. The van der Waals surface area contributed by atoms with Crippen LogP contribution >= 0.6 is 11.8 Å². The minimum absolute atomic E-state index is 0.280. The predicted molar refractivity (Wildman–Crippen MR) is 65.3 cm³/mol. The average Bonchev–Trinajstić information content (AvgIpc) is 2.81. The Labute approximate surface area is 98.7 Å². The molecule has 1 N–H and O–H groups in total. The van der Waals surface area contributed by atoms with Crippen LogP contribution in [0.4, 0.5) is 5.82 Å². The number of aromatic carboxylic acids is 1. The Bertz CT molecular complexity index is 391. The topological polar surface area (TPSA) is 53.4 Å². The monoisotopic (exact) mass is 238 g/mol. The highest BCUT2D eigenvalue weighted by molar-refractivity contribution is 7.99. The van der Waals surface area contributed by atoms with E-state index in [1.165, 1.54) is 0 Å². The highest BCUT2D eigenvalue weighted by atomic mass is 32.2. The number of pyridine rings is 1. The van der Waals surface area contributed by atoms with Crippen molar-refractivity contribution < 1.29 is 9.90 Å². The zero-order chi connectivity index (χ0) is 11.5. The van der Waals surface area contributed by atoms with E-state index in [4.69, 9.17) is 5.11 Å². The Morgan fingerprint density at radius 3 is 3.12 bits per heavy atom. The first-order chi connectivity index (χ1) is 7.70. The molecule has 0 aromatic carbocycles. The molecule has 2 heterocycles. The van der Waals surface area contributed by atoms with Gasteiger partial charge in [0.1, 0.15) is 11.4 Å². The number of carbonyl (C=O) groups is 1. The summed E-state index contributed by atoms with van der Waals surface area (Å²) in [6, 6.07) is 3.66. The van der Waals surface area contributed by atoms with Crippen LogP contribution < -0.4 is 4.90 Å². The zero-order valence-electron chi connectivity index (χ0n) is 9.09. The fourth-order valence-electron chi connectivity index (χ4n) is 1.85. The smallest absolute Gasteiger partial charge is 0.339 e. The molecule has 0 amide bonds. The van der Waals surface area contributed by atoms with E-state index < -0.39 is 5.97 Å². The lowest BCUT2D eigenvalue weighted by Gasteiger charge is -2.25. The summed E-state index contributed by atoms with van der Waals surface area (Å²) in [5.74, 6) is 1.85. The van der Waals surface area contributed by atoms with E-state index in [2.05, 4.69) is 4.98 Å². The first kappa shape index (κ1) is 11.3. The van der Waals surface area contributed by atoms with Gasteiger partial charge in [-0.2, -0.15) is 11.8 Å². The summed E-state index contributed by atoms with van der Waals surface area (Å²) < 4.78 is 0. The molecule has 1 aromatic rings. The maximum absolute atomic E-state index is 11.1. The Balaban J connectivity index is 2.27. The van der Waals surface area contributed by atoms with Gasteiger partial charge >= 0.3 is 5.97 Å². The van der Waals surface area contributed by atoms with E-state index in [9.17, 15) is 4.79 Å². The van der Waals surface area contributed by atoms with E-state index in [-0.39, 0.29) is 5.56 Å². The molecule has 1 aromatic heterocycles. The van der Waals surface area contributed by atoms with Gasteiger partial charge in [-0.1, -0.05) is 0 Å². The fraction of sp³-hybridized carbons (Fsp3) is 0.455.